The summed E-state index contributed by atoms with van der Waals surface area (Å²) < 4.78 is 28.0. The first-order valence-corrected chi connectivity index (χ1v) is 12.3. The first-order chi connectivity index (χ1) is 15.9. The Morgan fingerprint density at radius 3 is 2.61 bits per heavy atom. The van der Waals surface area contributed by atoms with Crippen molar-refractivity contribution in [1.29, 1.82) is 0 Å². The van der Waals surface area contributed by atoms with Gasteiger partial charge in [-0.15, -0.1) is 22.7 Å². The number of thiophene rings is 1. The van der Waals surface area contributed by atoms with Crippen LogP contribution in [0.3, 0.4) is 0 Å². The van der Waals surface area contributed by atoms with E-state index in [4.69, 9.17) is 0 Å². The number of hydrogen-bond acceptors (Lipinski definition) is 7. The molecule has 1 aliphatic heterocycles. The van der Waals surface area contributed by atoms with Crippen LogP contribution in [-0.2, 0) is 4.79 Å². The second-order valence-electron chi connectivity index (χ2n) is 8.05. The van der Waals surface area contributed by atoms with Gasteiger partial charge in [0.25, 0.3) is 0 Å². The minimum atomic E-state index is -0.680. The molecule has 170 valence electrons. The summed E-state index contributed by atoms with van der Waals surface area (Å²) >= 11 is 2.83. The van der Waals surface area contributed by atoms with E-state index in [0.717, 1.165) is 27.4 Å². The number of piperidine rings is 1. The molecular weight excluding hydrogens is 464 g/mol. The molecule has 10 heteroatoms. The van der Waals surface area contributed by atoms with Gasteiger partial charge in [0.15, 0.2) is 5.13 Å². The van der Waals surface area contributed by atoms with Crippen LogP contribution in [0.25, 0.3) is 21.5 Å². The molecule has 1 aromatic carbocycles. The van der Waals surface area contributed by atoms with Crippen LogP contribution in [0.1, 0.15) is 23.3 Å². The Balaban J connectivity index is 1.25. The molecule has 0 radical (unpaired) electrons. The van der Waals surface area contributed by atoms with Crippen molar-refractivity contribution in [2.24, 2.45) is 5.92 Å². The highest BCUT2D eigenvalue weighted by Gasteiger charge is 2.28. The summed E-state index contributed by atoms with van der Waals surface area (Å²) in [4.78, 5) is 30.4. The summed E-state index contributed by atoms with van der Waals surface area (Å²) in [6, 6.07) is 3.69. The van der Waals surface area contributed by atoms with E-state index < -0.39 is 11.6 Å². The number of halogens is 2. The number of aryl methyl sites for hydroxylation is 2. The van der Waals surface area contributed by atoms with Crippen molar-refractivity contribution in [2.45, 2.75) is 26.7 Å². The SMILES string of the molecule is Cc1sc2ncnc(N3CCC(C(=O)Nc4nc(-c5c(F)cccc5F)cs4)CC3)c2c1C. The van der Waals surface area contributed by atoms with Crippen molar-refractivity contribution in [3.8, 4) is 11.3 Å². The fraction of sp³-hybridized carbons (Fsp3) is 0.304. The van der Waals surface area contributed by atoms with E-state index >= 15 is 0 Å². The average molecular weight is 486 g/mol. The standard InChI is InChI=1S/C23H21F2N5OS2/c1-12-13(2)33-22-18(12)20(26-11-27-22)30-8-6-14(7-9-30)21(31)29-23-28-17(10-32-23)19-15(24)4-3-5-16(19)25/h3-5,10-11,14H,6-9H2,1-2H3,(H,28,29,31). The van der Waals surface area contributed by atoms with E-state index in [-0.39, 0.29) is 23.1 Å². The number of thiazole rings is 1. The highest BCUT2D eigenvalue weighted by Crippen LogP contribution is 2.36. The Labute approximate surface area is 197 Å². The predicted molar refractivity (Wildman–Crippen MR) is 128 cm³/mol. The Morgan fingerprint density at radius 1 is 1.15 bits per heavy atom. The number of rotatable bonds is 4. The fourth-order valence-electron chi connectivity index (χ4n) is 4.15. The molecule has 0 atom stereocenters. The maximum atomic E-state index is 14.0. The molecule has 5 rings (SSSR count). The topological polar surface area (TPSA) is 71.0 Å². The van der Waals surface area contributed by atoms with Gasteiger partial charge in [-0.25, -0.2) is 23.7 Å². The normalized spacial score (nSPS) is 14.7. The van der Waals surface area contributed by atoms with Gasteiger partial charge in [0, 0.05) is 29.3 Å². The number of carbonyl (C=O) groups excluding carboxylic acids is 1. The highest BCUT2D eigenvalue weighted by molar-refractivity contribution is 7.18. The van der Waals surface area contributed by atoms with Crippen LogP contribution in [0.15, 0.2) is 29.9 Å². The number of nitrogens with zero attached hydrogens (tertiary/aromatic N) is 4. The zero-order chi connectivity index (χ0) is 23.1. The van der Waals surface area contributed by atoms with Crippen LogP contribution in [0.4, 0.5) is 19.7 Å². The van der Waals surface area contributed by atoms with E-state index in [1.54, 1.807) is 23.0 Å². The average Bonchev–Trinajstić information content (AvgIpc) is 3.37. The number of nitrogens with one attached hydrogen (secondary N) is 1. The number of hydrogen-bond donors (Lipinski definition) is 1. The molecule has 1 aliphatic rings. The third-order valence-corrected chi connectivity index (χ3v) is 7.94. The van der Waals surface area contributed by atoms with Crippen LogP contribution >= 0.6 is 22.7 Å². The van der Waals surface area contributed by atoms with Crippen molar-refractivity contribution in [1.82, 2.24) is 15.0 Å². The van der Waals surface area contributed by atoms with E-state index in [9.17, 15) is 13.6 Å². The highest BCUT2D eigenvalue weighted by atomic mass is 32.1. The lowest BCUT2D eigenvalue weighted by Gasteiger charge is -2.32. The lowest BCUT2D eigenvalue weighted by Crippen LogP contribution is -2.38. The second-order valence-corrected chi connectivity index (χ2v) is 10.1. The Hall–Kier alpha value is -2.98. The number of fused-ring (bicyclic) bond motifs is 1. The van der Waals surface area contributed by atoms with Gasteiger partial charge in [0.2, 0.25) is 5.91 Å². The molecule has 1 amide bonds. The lowest BCUT2D eigenvalue weighted by atomic mass is 9.96. The van der Waals surface area contributed by atoms with Gasteiger partial charge in [-0.2, -0.15) is 0 Å². The summed E-state index contributed by atoms with van der Waals surface area (Å²) in [5, 5.41) is 5.80. The third-order valence-electron chi connectivity index (χ3n) is 6.06. The predicted octanol–water partition coefficient (Wildman–Crippen LogP) is 5.56. The molecule has 1 fully saturated rings. The largest absolute Gasteiger partial charge is 0.356 e. The molecule has 0 bridgehead atoms. The number of aromatic nitrogens is 3. The van der Waals surface area contributed by atoms with Gasteiger partial charge in [-0.05, 0) is 44.4 Å². The Morgan fingerprint density at radius 2 is 1.88 bits per heavy atom. The zero-order valence-electron chi connectivity index (χ0n) is 18.1. The summed E-state index contributed by atoms with van der Waals surface area (Å²) in [5.41, 5.74) is 1.20. The molecule has 33 heavy (non-hydrogen) atoms. The van der Waals surface area contributed by atoms with Crippen molar-refractivity contribution >= 4 is 49.7 Å². The number of carbonyl (C=O) groups is 1. The number of benzene rings is 1. The van der Waals surface area contributed by atoms with Crippen LogP contribution < -0.4 is 10.2 Å². The van der Waals surface area contributed by atoms with E-state index in [1.807, 2.05) is 0 Å². The molecule has 4 aromatic rings. The molecule has 4 heterocycles. The third kappa shape index (κ3) is 4.08. The van der Waals surface area contributed by atoms with Crippen molar-refractivity contribution in [2.75, 3.05) is 23.3 Å². The minimum absolute atomic E-state index is 0.125. The minimum Gasteiger partial charge on any atom is -0.356 e. The Bertz CT molecular complexity index is 1320. The molecule has 3 aromatic heterocycles. The molecular formula is C23H21F2N5OS2. The smallest absolute Gasteiger partial charge is 0.229 e. The maximum absolute atomic E-state index is 14.0. The van der Waals surface area contributed by atoms with Crippen molar-refractivity contribution < 1.29 is 13.6 Å². The molecule has 0 saturated carbocycles. The lowest BCUT2D eigenvalue weighted by molar-refractivity contribution is -0.120. The molecule has 0 unspecified atom stereocenters. The van der Waals surface area contributed by atoms with Crippen LogP contribution in [0, 0.1) is 31.4 Å². The molecule has 0 spiro atoms. The maximum Gasteiger partial charge on any atom is 0.229 e. The summed E-state index contributed by atoms with van der Waals surface area (Å²) in [6.45, 7) is 5.60. The Kier molecular flexibility index (Phi) is 5.79. The first kappa shape index (κ1) is 21.8. The number of anilines is 2. The van der Waals surface area contributed by atoms with Gasteiger partial charge in [0.05, 0.1) is 16.6 Å². The summed E-state index contributed by atoms with van der Waals surface area (Å²) in [5.74, 6) is -0.723. The molecule has 1 saturated heterocycles. The van der Waals surface area contributed by atoms with E-state index in [0.29, 0.717) is 31.1 Å². The van der Waals surface area contributed by atoms with Gasteiger partial charge in [-0.3, -0.25) is 4.79 Å². The monoisotopic (exact) mass is 485 g/mol. The molecule has 0 aliphatic carbocycles. The van der Waals surface area contributed by atoms with Gasteiger partial charge in [0.1, 0.15) is 28.6 Å². The van der Waals surface area contributed by atoms with Crippen LogP contribution in [-0.4, -0.2) is 33.9 Å². The number of amides is 1. The summed E-state index contributed by atoms with van der Waals surface area (Å²) in [6.07, 6.45) is 2.96. The molecule has 1 N–H and O–H groups in total. The quantitative estimate of drug-likeness (QED) is 0.410. The first-order valence-electron chi connectivity index (χ1n) is 10.6. The van der Waals surface area contributed by atoms with Gasteiger partial charge < -0.3 is 10.2 Å². The van der Waals surface area contributed by atoms with Crippen molar-refractivity contribution in [3.63, 3.8) is 0 Å². The van der Waals surface area contributed by atoms with Crippen molar-refractivity contribution in [3.05, 3.63) is 52.0 Å². The zero-order valence-corrected chi connectivity index (χ0v) is 19.7. The second kappa shape index (κ2) is 8.75. The summed E-state index contributed by atoms with van der Waals surface area (Å²) in [7, 11) is 0. The van der Waals surface area contributed by atoms with Gasteiger partial charge in [-0.1, -0.05) is 6.07 Å². The van der Waals surface area contributed by atoms with Crippen LogP contribution in [0.5, 0.6) is 0 Å². The van der Waals surface area contributed by atoms with Crippen LogP contribution in [0.2, 0.25) is 0 Å². The van der Waals surface area contributed by atoms with Gasteiger partial charge >= 0.3 is 0 Å². The fourth-order valence-corrected chi connectivity index (χ4v) is 5.85. The van der Waals surface area contributed by atoms with E-state index in [1.165, 1.54) is 28.6 Å². The molecule has 6 nitrogen and oxygen atoms in total. The van der Waals surface area contributed by atoms with E-state index in [2.05, 4.69) is 39.0 Å².